The quantitative estimate of drug-likeness (QED) is 0.169. The van der Waals surface area contributed by atoms with Crippen molar-refractivity contribution >= 4 is 80.0 Å². The number of rotatable bonds is 6. The van der Waals surface area contributed by atoms with E-state index in [1.54, 1.807) is 5.57 Å². The minimum absolute atomic E-state index is 0.0152. The fourth-order valence-electron chi connectivity index (χ4n) is 13.1. The number of aryl methyl sites for hydroxylation is 1. The number of nitrogens with one attached hydrogen (secondary N) is 1. The molecule has 1 N–H and O–H groups in total. The molecule has 4 aromatic carbocycles. The zero-order valence-electron chi connectivity index (χ0n) is 42.3. The molecule has 12 rings (SSSR count). The molecule has 4 atom stereocenters. The third-order valence-electron chi connectivity index (χ3n) is 16.6. The Labute approximate surface area is 424 Å². The Hall–Kier alpha value is -5.89. The number of hydrogen-bond donors (Lipinski definition) is 1. The number of hydrogen-bond acceptors (Lipinski definition) is 5. The fourth-order valence-corrected chi connectivity index (χ4v) is 22.0. The minimum atomic E-state index is -1.91. The van der Waals surface area contributed by atoms with Crippen LogP contribution in [0.15, 0.2) is 181 Å². The standard InChI is InChI=1S/C64H66GeN4S/c1-40-25-35-56(66-38-40)68(44-31-27-42(28-32-44)62(3,4)5)54-24-16-18-47-59-55(70-61(47)54)37-51-58(60(59)69(57-36-26-41(2)39-67-57)45-33-29-43(30-34-45)63(6,7)8)46-17-10-11-19-48(46)64(51)49-20-12-14-22-52(49)65(9)53-23-15-13-21-50(53)64/h10,12-18,20-37,39,49-50,52-53,65-66H,11,19,38H2,1-9H3. The number of benzene rings is 4. The summed E-state index contributed by atoms with van der Waals surface area (Å²) in [6, 6.07) is 32.9. The van der Waals surface area contributed by atoms with E-state index in [-0.39, 0.29) is 16.2 Å². The predicted molar refractivity (Wildman–Crippen MR) is 303 cm³/mol. The van der Waals surface area contributed by atoms with Crippen LogP contribution in [0.25, 0.3) is 25.7 Å². The van der Waals surface area contributed by atoms with E-state index in [4.69, 9.17) is 4.98 Å². The molecule has 6 heteroatoms. The van der Waals surface area contributed by atoms with Crippen molar-refractivity contribution in [3.05, 3.63) is 209 Å². The van der Waals surface area contributed by atoms with Crippen molar-refractivity contribution in [2.75, 3.05) is 16.3 Å². The molecule has 0 saturated carbocycles. The molecule has 1 spiro atoms. The van der Waals surface area contributed by atoms with E-state index in [1.807, 2.05) is 11.3 Å². The van der Waals surface area contributed by atoms with Crippen LogP contribution in [0.2, 0.25) is 15.3 Å². The number of thiophene rings is 1. The van der Waals surface area contributed by atoms with Crippen LogP contribution >= 0.6 is 11.3 Å². The summed E-state index contributed by atoms with van der Waals surface area (Å²) in [6.07, 6.45) is 33.8. The molecule has 0 radical (unpaired) electrons. The van der Waals surface area contributed by atoms with E-state index in [2.05, 4.69) is 240 Å². The number of anilines is 5. The molecule has 1 saturated heterocycles. The van der Waals surface area contributed by atoms with Gasteiger partial charge in [-0.3, -0.25) is 0 Å². The number of fused-ring (bicyclic) bond motifs is 11. The summed E-state index contributed by atoms with van der Waals surface area (Å²) in [4.78, 5) is 10.4. The van der Waals surface area contributed by atoms with E-state index in [0.29, 0.717) is 21.3 Å². The molecule has 6 aliphatic rings. The molecule has 70 heavy (non-hydrogen) atoms. The second kappa shape index (κ2) is 16.9. The van der Waals surface area contributed by atoms with Crippen LogP contribution in [0, 0.1) is 18.8 Å². The Morgan fingerprint density at radius 1 is 0.743 bits per heavy atom. The molecule has 2 aliphatic heterocycles. The van der Waals surface area contributed by atoms with Crippen LogP contribution in [0.1, 0.15) is 89.1 Å². The molecular formula is C64H66GeN4S. The summed E-state index contributed by atoms with van der Waals surface area (Å²) >= 11 is 0.0641. The van der Waals surface area contributed by atoms with E-state index in [1.165, 1.54) is 64.9 Å². The topological polar surface area (TPSA) is 31.4 Å². The number of allylic oxidation sites excluding steroid dienone is 14. The average Bonchev–Trinajstić information content (AvgIpc) is 3.88. The maximum atomic E-state index is 5.36. The van der Waals surface area contributed by atoms with Crippen LogP contribution in [0.5, 0.6) is 0 Å². The molecule has 4 unspecified atom stereocenters. The summed E-state index contributed by atoms with van der Waals surface area (Å²) in [7, 11) is 0. The van der Waals surface area contributed by atoms with Crippen LogP contribution < -0.4 is 15.1 Å². The van der Waals surface area contributed by atoms with Gasteiger partial charge in [-0.15, -0.1) is 0 Å². The van der Waals surface area contributed by atoms with Gasteiger partial charge in [0.15, 0.2) is 0 Å². The molecule has 6 aromatic rings. The molecule has 4 aliphatic carbocycles. The van der Waals surface area contributed by atoms with Crippen LogP contribution in [0.3, 0.4) is 0 Å². The SMILES string of the molecule is CC1=CC=C(N(c2ccc(C(C)(C)C)cc2)c2cccc3c2sc2cc4c(c(N(c5ccc(C(C)(C)C)cc5)c5ccc(C)cn5)c23)C2=C(CCC=C2)C42C3C=CC=C[CH]3[GeH]([CH3])[CH]3C=CC=CC32)NC1. The minimum Gasteiger partial charge on any atom is 0.0374 e. The van der Waals surface area contributed by atoms with Crippen LogP contribution in [-0.2, 0) is 16.2 Å². The molecule has 2 aromatic heterocycles. The Morgan fingerprint density at radius 2 is 1.39 bits per heavy atom. The van der Waals surface area contributed by atoms with Gasteiger partial charge in [-0.1, -0.05) is 65.3 Å². The number of nitrogens with zero attached hydrogens (tertiary/aromatic N) is 3. The van der Waals surface area contributed by atoms with Crippen molar-refractivity contribution in [2.24, 2.45) is 11.8 Å². The molecule has 0 bridgehead atoms. The number of aromatic nitrogens is 1. The zero-order valence-corrected chi connectivity index (χ0v) is 45.6. The van der Waals surface area contributed by atoms with Crippen LogP contribution in [0.4, 0.5) is 28.6 Å². The third kappa shape index (κ3) is 7.07. The van der Waals surface area contributed by atoms with Gasteiger partial charge in [-0.05, 0) is 17.9 Å². The van der Waals surface area contributed by atoms with Crippen molar-refractivity contribution in [1.29, 1.82) is 0 Å². The smallest absolute Gasteiger partial charge is 0.0374 e. The molecule has 1 fully saturated rings. The van der Waals surface area contributed by atoms with Gasteiger partial charge < -0.3 is 0 Å². The maximum absolute atomic E-state index is 5.36. The fraction of sp³-hybridized carbons (Fsp3) is 0.297. The van der Waals surface area contributed by atoms with E-state index in [0.717, 1.165) is 48.0 Å². The first-order valence-electron chi connectivity index (χ1n) is 25.7. The summed E-state index contributed by atoms with van der Waals surface area (Å²) in [5.74, 6) is 5.51. The zero-order chi connectivity index (χ0) is 48.3. The van der Waals surface area contributed by atoms with Gasteiger partial charge in [0.25, 0.3) is 0 Å². The molecular weight excluding hydrogens is 929 g/mol. The van der Waals surface area contributed by atoms with Gasteiger partial charge in [0, 0.05) is 6.54 Å². The molecule has 4 nitrogen and oxygen atoms in total. The normalized spacial score (nSPS) is 24.3. The number of pyridine rings is 1. The summed E-state index contributed by atoms with van der Waals surface area (Å²) in [5, 5.41) is 6.40. The van der Waals surface area contributed by atoms with E-state index >= 15 is 0 Å². The first kappa shape index (κ1) is 45.3. The van der Waals surface area contributed by atoms with Crippen molar-refractivity contribution < 1.29 is 0 Å². The Morgan fingerprint density at radius 3 is 1.99 bits per heavy atom. The van der Waals surface area contributed by atoms with Crippen molar-refractivity contribution in [1.82, 2.24) is 10.3 Å². The van der Waals surface area contributed by atoms with Gasteiger partial charge >= 0.3 is 337 Å². The van der Waals surface area contributed by atoms with Crippen molar-refractivity contribution in [2.45, 2.75) is 99.7 Å². The monoisotopic (exact) mass is 996 g/mol. The molecule has 352 valence electrons. The van der Waals surface area contributed by atoms with Crippen LogP contribution in [-0.4, -0.2) is 25.9 Å². The van der Waals surface area contributed by atoms with Gasteiger partial charge in [0.05, 0.1) is 0 Å². The summed E-state index contributed by atoms with van der Waals surface area (Å²) in [5.41, 5.74) is 15.7. The third-order valence-corrected chi connectivity index (χ3v) is 25.6. The molecule has 4 heterocycles. The van der Waals surface area contributed by atoms with Gasteiger partial charge in [0.1, 0.15) is 0 Å². The van der Waals surface area contributed by atoms with Gasteiger partial charge in [-0.25, -0.2) is 0 Å². The second-order valence-electron chi connectivity index (χ2n) is 23.0. The Balaban J connectivity index is 1.21. The van der Waals surface area contributed by atoms with Gasteiger partial charge in [-0.2, -0.15) is 0 Å². The first-order chi connectivity index (χ1) is 33.7. The summed E-state index contributed by atoms with van der Waals surface area (Å²) < 4.78 is 3.80. The second-order valence-corrected chi connectivity index (χ2v) is 30.8. The summed E-state index contributed by atoms with van der Waals surface area (Å²) in [6.45, 7) is 19.0. The van der Waals surface area contributed by atoms with E-state index in [9.17, 15) is 0 Å². The predicted octanol–water partition coefficient (Wildman–Crippen LogP) is 16.8. The number of dihydropyridines is 1. The average molecular weight is 996 g/mol. The Kier molecular flexibility index (Phi) is 10.9. The van der Waals surface area contributed by atoms with E-state index < -0.39 is 14.3 Å². The van der Waals surface area contributed by atoms with Crippen molar-refractivity contribution in [3.8, 4) is 0 Å². The van der Waals surface area contributed by atoms with Crippen molar-refractivity contribution in [3.63, 3.8) is 0 Å². The first-order valence-corrected chi connectivity index (χ1v) is 31.8. The Bertz CT molecular complexity index is 3300. The van der Waals surface area contributed by atoms with Gasteiger partial charge in [0.2, 0.25) is 0 Å². The molecule has 0 amide bonds.